The third-order valence-electron chi connectivity index (χ3n) is 2.69. The van der Waals surface area contributed by atoms with Crippen LogP contribution in [-0.4, -0.2) is 44.5 Å². The molecular formula is C12H27N3O. The van der Waals surface area contributed by atoms with Gasteiger partial charge in [0.1, 0.15) is 0 Å². The minimum Gasteiger partial charge on any atom is -0.345 e. The van der Waals surface area contributed by atoms with E-state index < -0.39 is 0 Å². The van der Waals surface area contributed by atoms with E-state index in [1.165, 1.54) is 0 Å². The first kappa shape index (κ1) is 15.4. The van der Waals surface area contributed by atoms with E-state index in [0.29, 0.717) is 12.5 Å². The zero-order chi connectivity index (χ0) is 12.6. The van der Waals surface area contributed by atoms with Crippen LogP contribution >= 0.6 is 0 Å². The zero-order valence-electron chi connectivity index (χ0n) is 11.1. The summed E-state index contributed by atoms with van der Waals surface area (Å²) in [6.07, 6.45) is 1.86. The molecule has 0 fully saturated rings. The number of carbonyl (C=O) groups is 1. The molecule has 3 N–H and O–H groups in total. The van der Waals surface area contributed by atoms with Crippen LogP contribution < -0.4 is 11.1 Å². The highest BCUT2D eigenvalue weighted by molar-refractivity contribution is 5.78. The summed E-state index contributed by atoms with van der Waals surface area (Å²) in [4.78, 5) is 13.8. The lowest BCUT2D eigenvalue weighted by Gasteiger charge is -2.24. The molecule has 0 aliphatic heterocycles. The van der Waals surface area contributed by atoms with Crippen LogP contribution in [0.4, 0.5) is 0 Å². The largest absolute Gasteiger partial charge is 0.345 e. The summed E-state index contributed by atoms with van der Waals surface area (Å²) in [6.45, 7) is 6.44. The van der Waals surface area contributed by atoms with Gasteiger partial charge in [-0.1, -0.05) is 13.8 Å². The van der Waals surface area contributed by atoms with Gasteiger partial charge in [0, 0.05) is 20.1 Å². The van der Waals surface area contributed by atoms with Gasteiger partial charge in [0.2, 0.25) is 5.91 Å². The fraction of sp³-hybridized carbons (Fsp3) is 0.917. The maximum absolute atomic E-state index is 12.0. The van der Waals surface area contributed by atoms with Crippen molar-refractivity contribution in [3.05, 3.63) is 0 Å². The van der Waals surface area contributed by atoms with Crippen molar-refractivity contribution in [1.29, 1.82) is 0 Å². The first-order chi connectivity index (χ1) is 7.52. The lowest BCUT2D eigenvalue weighted by Crippen LogP contribution is -2.38. The van der Waals surface area contributed by atoms with E-state index in [1.807, 2.05) is 14.1 Å². The first-order valence-electron chi connectivity index (χ1n) is 6.12. The van der Waals surface area contributed by atoms with Crippen molar-refractivity contribution in [2.75, 3.05) is 33.7 Å². The second kappa shape index (κ2) is 8.53. The Morgan fingerprint density at radius 3 is 2.50 bits per heavy atom. The van der Waals surface area contributed by atoms with Gasteiger partial charge in [-0.05, 0) is 32.4 Å². The van der Waals surface area contributed by atoms with Gasteiger partial charge in [-0.3, -0.25) is 4.79 Å². The van der Waals surface area contributed by atoms with E-state index in [1.54, 1.807) is 4.90 Å². The fourth-order valence-electron chi connectivity index (χ4n) is 1.78. The molecule has 0 aliphatic rings. The maximum atomic E-state index is 12.0. The predicted octanol–water partition coefficient (Wildman–Crippen LogP) is 0.675. The lowest BCUT2D eigenvalue weighted by atomic mass is 9.96. The monoisotopic (exact) mass is 229 g/mol. The molecule has 0 aromatic heterocycles. The Hall–Kier alpha value is -0.610. The number of rotatable bonds is 8. The van der Waals surface area contributed by atoms with Crippen molar-refractivity contribution in [1.82, 2.24) is 10.2 Å². The van der Waals surface area contributed by atoms with E-state index in [0.717, 1.165) is 25.9 Å². The molecular weight excluding hydrogens is 202 g/mol. The Labute approximate surface area is 99.6 Å². The number of hydrogen-bond donors (Lipinski definition) is 2. The molecule has 0 saturated heterocycles. The van der Waals surface area contributed by atoms with Gasteiger partial charge in [-0.15, -0.1) is 0 Å². The number of amides is 1. The molecule has 0 aromatic carbocycles. The van der Waals surface area contributed by atoms with Crippen molar-refractivity contribution in [2.45, 2.75) is 26.7 Å². The third-order valence-corrected chi connectivity index (χ3v) is 2.69. The Bertz CT molecular complexity index is 195. The molecule has 1 unspecified atom stereocenters. The van der Waals surface area contributed by atoms with Crippen LogP contribution in [0.1, 0.15) is 26.7 Å². The van der Waals surface area contributed by atoms with Crippen LogP contribution in [0.5, 0.6) is 0 Å². The predicted molar refractivity (Wildman–Crippen MR) is 68.2 cm³/mol. The highest BCUT2D eigenvalue weighted by Gasteiger charge is 2.21. The molecule has 4 nitrogen and oxygen atoms in total. The van der Waals surface area contributed by atoms with Gasteiger partial charge < -0.3 is 16.0 Å². The number of hydrogen-bond acceptors (Lipinski definition) is 3. The second-order valence-corrected chi connectivity index (χ2v) is 4.78. The SMILES string of the molecule is CNCCCN(C)C(=O)C(CN)CC(C)C. The Morgan fingerprint density at radius 2 is 2.06 bits per heavy atom. The van der Waals surface area contributed by atoms with Crippen molar-refractivity contribution in [3.63, 3.8) is 0 Å². The van der Waals surface area contributed by atoms with Gasteiger partial charge in [0.25, 0.3) is 0 Å². The van der Waals surface area contributed by atoms with E-state index in [-0.39, 0.29) is 11.8 Å². The topological polar surface area (TPSA) is 58.4 Å². The van der Waals surface area contributed by atoms with Crippen molar-refractivity contribution < 1.29 is 4.79 Å². The van der Waals surface area contributed by atoms with Crippen LogP contribution in [0.25, 0.3) is 0 Å². The van der Waals surface area contributed by atoms with Gasteiger partial charge in [-0.25, -0.2) is 0 Å². The molecule has 16 heavy (non-hydrogen) atoms. The average Bonchev–Trinajstić information content (AvgIpc) is 2.24. The Balaban J connectivity index is 4.06. The van der Waals surface area contributed by atoms with Gasteiger partial charge >= 0.3 is 0 Å². The number of nitrogens with zero attached hydrogens (tertiary/aromatic N) is 1. The first-order valence-corrected chi connectivity index (χ1v) is 6.12. The maximum Gasteiger partial charge on any atom is 0.226 e. The summed E-state index contributed by atoms with van der Waals surface area (Å²) in [5.74, 6) is 0.690. The van der Waals surface area contributed by atoms with Crippen LogP contribution in [0.15, 0.2) is 0 Å². The van der Waals surface area contributed by atoms with E-state index in [9.17, 15) is 4.79 Å². The molecule has 0 aliphatic carbocycles. The zero-order valence-corrected chi connectivity index (χ0v) is 11.1. The molecule has 0 spiro atoms. The van der Waals surface area contributed by atoms with E-state index in [2.05, 4.69) is 19.2 Å². The average molecular weight is 229 g/mol. The van der Waals surface area contributed by atoms with Crippen LogP contribution in [-0.2, 0) is 4.79 Å². The smallest absolute Gasteiger partial charge is 0.226 e. The third kappa shape index (κ3) is 6.08. The molecule has 0 radical (unpaired) electrons. The van der Waals surface area contributed by atoms with Gasteiger partial charge in [-0.2, -0.15) is 0 Å². The highest BCUT2D eigenvalue weighted by Crippen LogP contribution is 2.13. The number of carbonyl (C=O) groups excluding carboxylic acids is 1. The summed E-state index contributed by atoms with van der Waals surface area (Å²) < 4.78 is 0. The van der Waals surface area contributed by atoms with E-state index >= 15 is 0 Å². The van der Waals surface area contributed by atoms with E-state index in [4.69, 9.17) is 5.73 Å². The molecule has 0 rings (SSSR count). The molecule has 0 aromatic rings. The summed E-state index contributed by atoms with van der Waals surface area (Å²) in [5, 5.41) is 3.07. The minimum absolute atomic E-state index is 0.0143. The molecule has 4 heteroatoms. The number of nitrogens with one attached hydrogen (secondary N) is 1. The standard InChI is InChI=1S/C12H27N3O/c1-10(2)8-11(9-13)12(16)15(4)7-5-6-14-3/h10-11,14H,5-9,13H2,1-4H3. The molecule has 1 amide bonds. The minimum atomic E-state index is -0.0143. The summed E-state index contributed by atoms with van der Waals surface area (Å²) in [7, 11) is 3.78. The van der Waals surface area contributed by atoms with Gasteiger partial charge in [0.05, 0.1) is 5.92 Å². The Morgan fingerprint density at radius 1 is 1.44 bits per heavy atom. The van der Waals surface area contributed by atoms with Crippen molar-refractivity contribution >= 4 is 5.91 Å². The van der Waals surface area contributed by atoms with Crippen LogP contribution in [0, 0.1) is 11.8 Å². The quantitative estimate of drug-likeness (QED) is 0.602. The normalized spacial score (nSPS) is 12.9. The van der Waals surface area contributed by atoms with Crippen LogP contribution in [0.3, 0.4) is 0 Å². The molecule has 0 heterocycles. The van der Waals surface area contributed by atoms with Crippen molar-refractivity contribution in [3.8, 4) is 0 Å². The Kier molecular flexibility index (Phi) is 8.21. The molecule has 1 atom stereocenters. The second-order valence-electron chi connectivity index (χ2n) is 4.78. The molecule has 96 valence electrons. The highest BCUT2D eigenvalue weighted by atomic mass is 16.2. The summed E-state index contributed by atoms with van der Waals surface area (Å²) in [5.41, 5.74) is 5.65. The van der Waals surface area contributed by atoms with Crippen LogP contribution in [0.2, 0.25) is 0 Å². The fourth-order valence-corrected chi connectivity index (χ4v) is 1.78. The van der Waals surface area contributed by atoms with Crippen molar-refractivity contribution in [2.24, 2.45) is 17.6 Å². The molecule has 0 bridgehead atoms. The van der Waals surface area contributed by atoms with Gasteiger partial charge in [0.15, 0.2) is 0 Å². The molecule has 0 saturated carbocycles. The number of nitrogens with two attached hydrogens (primary N) is 1. The summed E-state index contributed by atoms with van der Waals surface area (Å²) in [6, 6.07) is 0. The summed E-state index contributed by atoms with van der Waals surface area (Å²) >= 11 is 0. The lowest BCUT2D eigenvalue weighted by molar-refractivity contribution is -0.134.